The third-order valence-electron chi connectivity index (χ3n) is 4.67. The van der Waals surface area contributed by atoms with Gasteiger partial charge in [-0.25, -0.2) is 8.42 Å². The van der Waals surface area contributed by atoms with Crippen LogP contribution in [0.2, 0.25) is 0 Å². The lowest BCUT2D eigenvalue weighted by Crippen LogP contribution is -2.29. The lowest BCUT2D eigenvalue weighted by atomic mass is 10.1. The molecule has 1 amide bonds. The molecule has 26 heavy (non-hydrogen) atoms. The predicted molar refractivity (Wildman–Crippen MR) is 101 cm³/mol. The zero-order valence-corrected chi connectivity index (χ0v) is 15.8. The summed E-state index contributed by atoms with van der Waals surface area (Å²) in [7, 11) is -3.23. The molecule has 1 N–H and O–H groups in total. The normalized spacial score (nSPS) is 15.3. The van der Waals surface area contributed by atoms with E-state index >= 15 is 0 Å². The van der Waals surface area contributed by atoms with E-state index in [0.29, 0.717) is 38.3 Å². The van der Waals surface area contributed by atoms with Crippen molar-refractivity contribution in [1.29, 1.82) is 0 Å². The van der Waals surface area contributed by atoms with E-state index in [1.54, 1.807) is 6.07 Å². The van der Waals surface area contributed by atoms with Crippen molar-refractivity contribution >= 4 is 15.9 Å². The van der Waals surface area contributed by atoms with E-state index in [4.69, 9.17) is 0 Å². The topological polar surface area (TPSA) is 71.4 Å². The Morgan fingerprint density at radius 1 is 1.12 bits per heavy atom. The van der Waals surface area contributed by atoms with Crippen molar-refractivity contribution in [3.8, 4) is 0 Å². The summed E-state index contributed by atoms with van der Waals surface area (Å²) < 4.78 is 27.0. The van der Waals surface area contributed by atoms with Gasteiger partial charge in [-0.2, -0.15) is 4.31 Å². The van der Waals surface area contributed by atoms with Gasteiger partial charge in [0.05, 0.1) is 12.8 Å². The van der Waals surface area contributed by atoms with Crippen molar-refractivity contribution in [2.75, 3.05) is 19.3 Å². The van der Waals surface area contributed by atoms with Gasteiger partial charge in [-0.05, 0) is 37.0 Å². The van der Waals surface area contributed by atoms with Gasteiger partial charge < -0.3 is 9.88 Å². The number of carbonyl (C=O) groups is 1. The van der Waals surface area contributed by atoms with Crippen LogP contribution in [0, 0.1) is 0 Å². The van der Waals surface area contributed by atoms with Crippen molar-refractivity contribution in [1.82, 2.24) is 14.2 Å². The number of aromatic nitrogens is 1. The van der Waals surface area contributed by atoms with Gasteiger partial charge in [0.1, 0.15) is 5.69 Å². The molecule has 0 unspecified atom stereocenters. The van der Waals surface area contributed by atoms with Gasteiger partial charge in [0.2, 0.25) is 10.0 Å². The monoisotopic (exact) mass is 375 g/mol. The van der Waals surface area contributed by atoms with E-state index in [0.717, 1.165) is 18.5 Å². The molecule has 2 heterocycles. The number of aryl methyl sites for hydroxylation is 1. The first-order valence-corrected chi connectivity index (χ1v) is 10.8. The molecular formula is C19H25N3O3S. The molecule has 1 aromatic heterocycles. The Labute approximate surface area is 154 Å². The van der Waals surface area contributed by atoms with Crippen LogP contribution in [-0.4, -0.2) is 42.5 Å². The minimum Gasteiger partial charge on any atom is -0.351 e. The smallest absolute Gasteiger partial charge is 0.267 e. The minimum atomic E-state index is -3.23. The van der Waals surface area contributed by atoms with Crippen molar-refractivity contribution in [2.45, 2.75) is 32.4 Å². The van der Waals surface area contributed by atoms with Gasteiger partial charge in [0, 0.05) is 25.3 Å². The highest BCUT2D eigenvalue weighted by atomic mass is 32.2. The number of sulfonamides is 1. The molecule has 1 aliphatic rings. The number of nitrogens with one attached hydrogen (secondary N) is 1. The first-order valence-electron chi connectivity index (χ1n) is 8.91. The Hall–Kier alpha value is -2.12. The molecule has 0 atom stereocenters. The van der Waals surface area contributed by atoms with Gasteiger partial charge in [0.25, 0.3) is 5.91 Å². The summed E-state index contributed by atoms with van der Waals surface area (Å²) in [6.45, 7) is 2.07. The van der Waals surface area contributed by atoms with Gasteiger partial charge in [-0.15, -0.1) is 0 Å². The zero-order valence-electron chi connectivity index (χ0n) is 15.0. The molecule has 0 radical (unpaired) electrons. The molecule has 0 saturated heterocycles. The number of nitrogens with zero attached hydrogens (tertiary/aromatic N) is 2. The van der Waals surface area contributed by atoms with Crippen LogP contribution >= 0.6 is 0 Å². The third kappa shape index (κ3) is 4.53. The second kappa shape index (κ2) is 8.05. The summed E-state index contributed by atoms with van der Waals surface area (Å²) in [4.78, 5) is 12.5. The highest BCUT2D eigenvalue weighted by Crippen LogP contribution is 2.18. The van der Waals surface area contributed by atoms with Crippen molar-refractivity contribution in [3.05, 3.63) is 59.4 Å². The van der Waals surface area contributed by atoms with Crippen molar-refractivity contribution in [2.24, 2.45) is 0 Å². The van der Waals surface area contributed by atoms with E-state index in [1.165, 1.54) is 16.1 Å². The summed E-state index contributed by atoms with van der Waals surface area (Å²) in [6.07, 6.45) is 3.73. The Bertz CT molecular complexity index is 859. The number of rotatable bonds is 6. The Kier molecular flexibility index (Phi) is 5.78. The number of hydrogen-bond acceptors (Lipinski definition) is 3. The molecule has 140 valence electrons. The zero-order chi connectivity index (χ0) is 18.6. The molecule has 6 nitrogen and oxygen atoms in total. The van der Waals surface area contributed by atoms with E-state index < -0.39 is 10.0 Å². The van der Waals surface area contributed by atoms with E-state index in [1.807, 2.05) is 28.8 Å². The lowest BCUT2D eigenvalue weighted by Gasteiger charge is -2.16. The average Bonchev–Trinajstić information content (AvgIpc) is 2.88. The van der Waals surface area contributed by atoms with E-state index in [9.17, 15) is 13.2 Å². The van der Waals surface area contributed by atoms with E-state index in [2.05, 4.69) is 17.4 Å². The molecular weight excluding hydrogens is 350 g/mol. The first-order chi connectivity index (χ1) is 12.4. The first kappa shape index (κ1) is 18.7. The summed E-state index contributed by atoms with van der Waals surface area (Å²) in [6, 6.07) is 13.8. The molecule has 0 spiro atoms. The van der Waals surface area contributed by atoms with Gasteiger partial charge in [-0.1, -0.05) is 30.3 Å². The molecule has 0 fully saturated rings. The molecule has 3 rings (SSSR count). The lowest BCUT2D eigenvalue weighted by molar-refractivity contribution is 0.0943. The van der Waals surface area contributed by atoms with Crippen molar-refractivity contribution in [3.63, 3.8) is 0 Å². The van der Waals surface area contributed by atoms with Crippen LogP contribution in [0.4, 0.5) is 0 Å². The van der Waals surface area contributed by atoms with Gasteiger partial charge in [0.15, 0.2) is 0 Å². The van der Waals surface area contributed by atoms with E-state index in [-0.39, 0.29) is 5.91 Å². The maximum Gasteiger partial charge on any atom is 0.267 e. The number of fused-ring (bicyclic) bond motifs is 1. The quantitative estimate of drug-likeness (QED) is 0.785. The molecule has 0 aliphatic carbocycles. The molecule has 0 saturated carbocycles. The van der Waals surface area contributed by atoms with Crippen LogP contribution in [0.15, 0.2) is 42.5 Å². The van der Waals surface area contributed by atoms with Gasteiger partial charge >= 0.3 is 0 Å². The van der Waals surface area contributed by atoms with Gasteiger partial charge in [-0.3, -0.25) is 4.79 Å². The summed E-state index contributed by atoms with van der Waals surface area (Å²) >= 11 is 0. The SMILES string of the molecule is CS(=O)(=O)N1CCCn2c(ccc2C(=O)NCCCc2ccccc2)C1. The van der Waals surface area contributed by atoms with Crippen LogP contribution in [0.25, 0.3) is 0 Å². The van der Waals surface area contributed by atoms with Crippen LogP contribution in [0.1, 0.15) is 34.6 Å². The maximum atomic E-state index is 12.5. The average molecular weight is 375 g/mol. The molecule has 7 heteroatoms. The third-order valence-corrected chi connectivity index (χ3v) is 5.92. The van der Waals surface area contributed by atoms with Crippen molar-refractivity contribution < 1.29 is 13.2 Å². The Morgan fingerprint density at radius 2 is 1.88 bits per heavy atom. The summed E-state index contributed by atoms with van der Waals surface area (Å²) in [5.41, 5.74) is 2.73. The standard InChI is InChI=1S/C19H25N3O3S/c1-26(24,25)21-13-6-14-22-17(15-21)10-11-18(22)19(23)20-12-5-9-16-7-3-2-4-8-16/h2-4,7-8,10-11H,5-6,9,12-15H2,1H3,(H,20,23). The number of amides is 1. The number of hydrogen-bond donors (Lipinski definition) is 1. The second-order valence-corrected chi connectivity index (χ2v) is 8.64. The highest BCUT2D eigenvalue weighted by Gasteiger charge is 2.24. The maximum absolute atomic E-state index is 12.5. The number of carbonyl (C=O) groups excluding carboxylic acids is 1. The minimum absolute atomic E-state index is 0.0999. The van der Waals surface area contributed by atoms with Crippen LogP contribution < -0.4 is 5.32 Å². The second-order valence-electron chi connectivity index (χ2n) is 6.66. The predicted octanol–water partition coefficient (Wildman–Crippen LogP) is 2.02. The summed E-state index contributed by atoms with van der Waals surface area (Å²) in [5.74, 6) is -0.0999. The Morgan fingerprint density at radius 3 is 2.62 bits per heavy atom. The highest BCUT2D eigenvalue weighted by molar-refractivity contribution is 7.88. The fraction of sp³-hybridized carbons (Fsp3) is 0.421. The Balaban J connectivity index is 1.58. The molecule has 1 aromatic carbocycles. The fourth-order valence-corrected chi connectivity index (χ4v) is 4.12. The van der Waals surface area contributed by atoms with Crippen LogP contribution in [0.5, 0.6) is 0 Å². The number of benzene rings is 1. The van der Waals surface area contributed by atoms with Crippen LogP contribution in [0.3, 0.4) is 0 Å². The fourth-order valence-electron chi connectivity index (χ4n) is 3.29. The molecule has 1 aliphatic heterocycles. The largest absolute Gasteiger partial charge is 0.351 e. The molecule has 0 bridgehead atoms. The van der Waals surface area contributed by atoms with Crippen LogP contribution in [-0.2, 0) is 29.5 Å². The molecule has 2 aromatic rings. The summed E-state index contributed by atoms with van der Waals surface area (Å²) in [5, 5.41) is 2.98.